The Labute approximate surface area is 334 Å². The zero-order valence-corrected chi connectivity index (χ0v) is 31.4. The Bertz CT molecular complexity index is 3320. The predicted octanol–water partition coefficient (Wildman–Crippen LogP) is 11.2. The summed E-state index contributed by atoms with van der Waals surface area (Å²) in [5.74, 6) is 3.18. The Hall–Kier alpha value is -7.37. The van der Waals surface area contributed by atoms with Gasteiger partial charge in [0.15, 0.2) is 17.5 Å². The molecule has 0 spiro atoms. The Morgan fingerprint density at radius 1 is 0.552 bits per heavy atom. The van der Waals surface area contributed by atoms with Crippen molar-refractivity contribution in [2.75, 3.05) is 0 Å². The second-order valence-corrected chi connectivity index (χ2v) is 15.4. The summed E-state index contributed by atoms with van der Waals surface area (Å²) >= 11 is 0. The van der Waals surface area contributed by atoms with Crippen molar-refractivity contribution in [2.45, 2.75) is 24.4 Å². The highest BCUT2D eigenvalue weighted by atomic mass is 16.5. The maximum atomic E-state index is 6.65. The van der Waals surface area contributed by atoms with Crippen LogP contribution in [0.25, 0.3) is 84.6 Å². The van der Waals surface area contributed by atoms with Crippen molar-refractivity contribution in [3.05, 3.63) is 197 Å². The zero-order valence-electron chi connectivity index (χ0n) is 31.4. The standard InChI is InChI=1S/C53H35N3O2/c1-2-13-33(14-3-1)51-54-52(56-53(55-51)43-20-11-23-48-50(43)42-18-8-9-21-45(42)57-48)41-28-27-39(37-16-6-7-17-38(37)41)40-19-10-22-47-49(40)44-31-36(26-29-46(44)58-47)35-25-24-32-12-4-5-15-34(32)30-35/h1-24,26-31,35,47,49H,25H2. The van der Waals surface area contributed by atoms with E-state index in [4.69, 9.17) is 24.1 Å². The van der Waals surface area contributed by atoms with Crippen molar-refractivity contribution < 1.29 is 9.15 Å². The minimum absolute atomic E-state index is 0.0628. The zero-order chi connectivity index (χ0) is 38.2. The molecule has 7 aromatic carbocycles. The number of benzene rings is 7. The number of hydrogen-bond donors (Lipinski definition) is 0. The molecule has 274 valence electrons. The van der Waals surface area contributed by atoms with Gasteiger partial charge in [-0.15, -0.1) is 0 Å². The Morgan fingerprint density at radius 3 is 2.14 bits per heavy atom. The van der Waals surface area contributed by atoms with Gasteiger partial charge in [-0.05, 0) is 74.7 Å². The van der Waals surface area contributed by atoms with E-state index in [0.717, 1.165) is 61.6 Å². The van der Waals surface area contributed by atoms with Crippen LogP contribution in [0.5, 0.6) is 5.75 Å². The predicted molar refractivity (Wildman–Crippen MR) is 234 cm³/mol. The number of ether oxygens (including phenoxy) is 1. The Balaban J connectivity index is 0.994. The van der Waals surface area contributed by atoms with Crippen LogP contribution in [0.1, 0.15) is 34.9 Å². The lowest BCUT2D eigenvalue weighted by Crippen LogP contribution is -2.27. The van der Waals surface area contributed by atoms with E-state index in [2.05, 4.69) is 121 Å². The van der Waals surface area contributed by atoms with Crippen LogP contribution >= 0.6 is 0 Å². The van der Waals surface area contributed by atoms with Gasteiger partial charge in [-0.1, -0.05) is 152 Å². The first-order valence-electron chi connectivity index (χ1n) is 19.9. The summed E-state index contributed by atoms with van der Waals surface area (Å²) in [5.41, 5.74) is 9.40. The molecule has 58 heavy (non-hydrogen) atoms. The first-order chi connectivity index (χ1) is 28.7. The molecule has 0 radical (unpaired) electrons. The number of para-hydroxylation sites is 1. The smallest absolute Gasteiger partial charge is 0.164 e. The van der Waals surface area contributed by atoms with Crippen molar-refractivity contribution in [1.82, 2.24) is 15.0 Å². The largest absolute Gasteiger partial charge is 0.485 e. The molecule has 9 aromatic rings. The van der Waals surface area contributed by atoms with Gasteiger partial charge in [-0.2, -0.15) is 0 Å². The van der Waals surface area contributed by atoms with E-state index in [1.165, 1.54) is 32.7 Å². The van der Waals surface area contributed by atoms with Crippen molar-refractivity contribution in [3.63, 3.8) is 0 Å². The lowest BCUT2D eigenvalue weighted by atomic mass is 9.78. The lowest BCUT2D eigenvalue weighted by Gasteiger charge is -2.25. The van der Waals surface area contributed by atoms with Gasteiger partial charge in [0.2, 0.25) is 0 Å². The third-order valence-corrected chi connectivity index (χ3v) is 12.1. The number of hydrogen-bond acceptors (Lipinski definition) is 5. The molecule has 3 unspecified atom stereocenters. The second-order valence-electron chi connectivity index (χ2n) is 15.4. The van der Waals surface area contributed by atoms with E-state index < -0.39 is 0 Å². The summed E-state index contributed by atoms with van der Waals surface area (Å²) in [5, 5.41) is 6.86. The molecule has 0 saturated heterocycles. The van der Waals surface area contributed by atoms with Crippen LogP contribution in [0.4, 0.5) is 0 Å². The Kier molecular flexibility index (Phi) is 7.42. The van der Waals surface area contributed by atoms with E-state index in [9.17, 15) is 0 Å². The van der Waals surface area contributed by atoms with Gasteiger partial charge in [-0.3, -0.25) is 0 Å². The maximum absolute atomic E-state index is 6.65. The normalized spacial score (nSPS) is 17.9. The van der Waals surface area contributed by atoms with Gasteiger partial charge in [0, 0.05) is 38.9 Å². The maximum Gasteiger partial charge on any atom is 0.164 e. The lowest BCUT2D eigenvalue weighted by molar-refractivity contribution is 0.271. The number of allylic oxidation sites excluding steroid dienone is 2. The topological polar surface area (TPSA) is 61.0 Å². The first kappa shape index (κ1) is 32.8. The average molecular weight is 746 g/mol. The van der Waals surface area contributed by atoms with Crippen molar-refractivity contribution in [3.8, 4) is 39.9 Å². The summed E-state index contributed by atoms with van der Waals surface area (Å²) < 4.78 is 12.9. The van der Waals surface area contributed by atoms with Crippen molar-refractivity contribution >= 4 is 50.4 Å². The highest BCUT2D eigenvalue weighted by molar-refractivity contribution is 6.12. The molecule has 2 aliphatic carbocycles. The molecule has 1 aliphatic heterocycles. The molecule has 12 rings (SSSR count). The van der Waals surface area contributed by atoms with Crippen molar-refractivity contribution in [2.24, 2.45) is 0 Å². The monoisotopic (exact) mass is 745 g/mol. The number of nitrogens with zero attached hydrogens (tertiary/aromatic N) is 3. The van der Waals surface area contributed by atoms with E-state index in [1.807, 2.05) is 60.7 Å². The Morgan fingerprint density at radius 2 is 1.26 bits per heavy atom. The van der Waals surface area contributed by atoms with Gasteiger partial charge in [0.05, 0.1) is 5.92 Å². The van der Waals surface area contributed by atoms with Crippen LogP contribution in [0.3, 0.4) is 0 Å². The molecule has 5 heteroatoms. The van der Waals surface area contributed by atoms with Crippen LogP contribution in [0.2, 0.25) is 0 Å². The molecule has 3 atom stereocenters. The van der Waals surface area contributed by atoms with Crippen LogP contribution < -0.4 is 15.2 Å². The van der Waals surface area contributed by atoms with E-state index in [-0.39, 0.29) is 12.0 Å². The fourth-order valence-electron chi connectivity index (χ4n) is 9.32. The fraction of sp³-hybridized carbons (Fsp3) is 0.0755. The van der Waals surface area contributed by atoms with E-state index in [1.54, 1.807) is 0 Å². The molecule has 0 bridgehead atoms. The molecular weight excluding hydrogens is 711 g/mol. The molecule has 0 fully saturated rings. The van der Waals surface area contributed by atoms with Crippen LogP contribution in [0.15, 0.2) is 174 Å². The molecule has 3 aliphatic rings. The van der Waals surface area contributed by atoms with Gasteiger partial charge in [-0.25, -0.2) is 15.0 Å². The van der Waals surface area contributed by atoms with Gasteiger partial charge < -0.3 is 9.15 Å². The summed E-state index contributed by atoms with van der Waals surface area (Å²) in [6.07, 6.45) is 12.3. The highest BCUT2D eigenvalue weighted by Crippen LogP contribution is 2.50. The minimum Gasteiger partial charge on any atom is -0.485 e. The number of furan rings is 1. The van der Waals surface area contributed by atoms with Crippen LogP contribution in [-0.2, 0) is 0 Å². The SMILES string of the molecule is C1=CC2Oc3ccc(C4C=c5ccccc5=CC4)cc3C2C(c2ccc(-c3nc(-c4ccccc4)nc(-c4cccc5oc6ccccc6c45)n3)c3ccccc23)=C1. The first-order valence-corrected chi connectivity index (χ1v) is 19.9. The summed E-state index contributed by atoms with van der Waals surface area (Å²) in [7, 11) is 0. The third-order valence-electron chi connectivity index (χ3n) is 12.1. The molecule has 0 N–H and O–H groups in total. The second kappa shape index (κ2) is 13.1. The van der Waals surface area contributed by atoms with Gasteiger partial charge >= 0.3 is 0 Å². The number of aromatic nitrogens is 3. The van der Waals surface area contributed by atoms with E-state index >= 15 is 0 Å². The van der Waals surface area contributed by atoms with Crippen LogP contribution in [0, 0.1) is 0 Å². The quantitative estimate of drug-likeness (QED) is 0.176. The van der Waals surface area contributed by atoms with E-state index in [0.29, 0.717) is 23.4 Å². The molecule has 5 nitrogen and oxygen atoms in total. The summed E-state index contributed by atoms with van der Waals surface area (Å²) in [6.45, 7) is 0. The highest BCUT2D eigenvalue weighted by Gasteiger charge is 2.38. The molecule has 0 saturated carbocycles. The minimum atomic E-state index is -0.0763. The summed E-state index contributed by atoms with van der Waals surface area (Å²) in [4.78, 5) is 15.6. The third kappa shape index (κ3) is 5.27. The van der Waals surface area contributed by atoms with Gasteiger partial charge in [0.25, 0.3) is 0 Å². The van der Waals surface area contributed by atoms with Crippen molar-refractivity contribution in [1.29, 1.82) is 0 Å². The molecule has 2 aromatic heterocycles. The average Bonchev–Trinajstić information content (AvgIpc) is 3.87. The van der Waals surface area contributed by atoms with Gasteiger partial charge in [0.1, 0.15) is 23.0 Å². The molecule has 0 amide bonds. The number of fused-ring (bicyclic) bond motifs is 8. The fourth-order valence-corrected chi connectivity index (χ4v) is 9.32. The molecule has 3 heterocycles. The summed E-state index contributed by atoms with van der Waals surface area (Å²) in [6, 6.07) is 52.9. The van der Waals surface area contributed by atoms with Crippen LogP contribution in [-0.4, -0.2) is 21.1 Å². The molecular formula is C53H35N3O2. The number of rotatable bonds is 5.